The quantitative estimate of drug-likeness (QED) is 0.640. The van der Waals surface area contributed by atoms with Gasteiger partial charge in [-0.1, -0.05) is 30.3 Å². The Morgan fingerprint density at radius 1 is 0.900 bits per heavy atom. The highest BCUT2D eigenvalue weighted by atomic mass is 15.1. The van der Waals surface area contributed by atoms with Gasteiger partial charge in [0.1, 0.15) is 5.69 Å². The second-order valence-corrected chi connectivity index (χ2v) is 4.18. The summed E-state index contributed by atoms with van der Waals surface area (Å²) in [5.41, 5.74) is 14.1. The minimum Gasteiger partial charge on any atom is -0.382 e. The maximum Gasteiger partial charge on any atom is 0.226 e. The van der Waals surface area contributed by atoms with Crippen molar-refractivity contribution in [2.75, 3.05) is 23.8 Å². The van der Waals surface area contributed by atoms with E-state index in [-0.39, 0.29) is 5.82 Å². The Morgan fingerprint density at radius 3 is 2.35 bits per heavy atom. The van der Waals surface area contributed by atoms with E-state index in [0.717, 1.165) is 5.56 Å². The molecule has 0 aliphatic rings. The van der Waals surface area contributed by atoms with Crippen LogP contribution in [-0.2, 0) is 0 Å². The van der Waals surface area contributed by atoms with Gasteiger partial charge in [-0.3, -0.25) is 0 Å². The van der Waals surface area contributed by atoms with E-state index in [9.17, 15) is 0 Å². The molecule has 2 aromatic heterocycles. The van der Waals surface area contributed by atoms with Crippen molar-refractivity contribution in [3.63, 3.8) is 0 Å². The van der Waals surface area contributed by atoms with Crippen molar-refractivity contribution in [3.8, 4) is 11.3 Å². The van der Waals surface area contributed by atoms with E-state index in [1.165, 1.54) is 0 Å². The molecule has 0 aliphatic carbocycles. The van der Waals surface area contributed by atoms with Crippen molar-refractivity contribution in [2.24, 2.45) is 0 Å². The largest absolute Gasteiger partial charge is 0.382 e. The van der Waals surface area contributed by atoms with Crippen LogP contribution in [0, 0.1) is 0 Å². The third-order valence-electron chi connectivity index (χ3n) is 2.86. The molecule has 7 heteroatoms. The summed E-state index contributed by atoms with van der Waals surface area (Å²) in [5.74, 6) is 0.962. The third kappa shape index (κ3) is 1.95. The van der Waals surface area contributed by atoms with E-state index >= 15 is 0 Å². The van der Waals surface area contributed by atoms with Crippen molar-refractivity contribution < 1.29 is 0 Å². The number of anilines is 3. The van der Waals surface area contributed by atoms with Crippen LogP contribution in [-0.4, -0.2) is 27.0 Å². The second-order valence-electron chi connectivity index (χ2n) is 4.18. The van der Waals surface area contributed by atoms with Crippen LogP contribution in [0.4, 0.5) is 17.6 Å². The molecule has 5 N–H and O–H groups in total. The van der Waals surface area contributed by atoms with Gasteiger partial charge in [-0.25, -0.2) is 9.97 Å². The maximum atomic E-state index is 5.97. The fourth-order valence-electron chi connectivity index (χ4n) is 1.90. The summed E-state index contributed by atoms with van der Waals surface area (Å²) in [4.78, 5) is 17.0. The van der Waals surface area contributed by atoms with E-state index in [1.54, 1.807) is 7.05 Å². The number of nitrogens with zero attached hydrogens (tertiary/aromatic N) is 4. The number of aromatic nitrogens is 4. The summed E-state index contributed by atoms with van der Waals surface area (Å²) >= 11 is 0. The summed E-state index contributed by atoms with van der Waals surface area (Å²) in [5, 5.41) is 2.81. The van der Waals surface area contributed by atoms with Crippen molar-refractivity contribution in [1.29, 1.82) is 0 Å². The Kier molecular flexibility index (Phi) is 2.79. The summed E-state index contributed by atoms with van der Waals surface area (Å²) in [6.07, 6.45) is 0. The fraction of sp³-hybridized carbons (Fsp3) is 0.0769. The molecule has 0 saturated heterocycles. The third-order valence-corrected chi connectivity index (χ3v) is 2.86. The van der Waals surface area contributed by atoms with Crippen LogP contribution < -0.4 is 16.8 Å². The number of fused-ring (bicyclic) bond motifs is 1. The lowest BCUT2D eigenvalue weighted by molar-refractivity contribution is 1.15. The Morgan fingerprint density at radius 2 is 1.65 bits per heavy atom. The smallest absolute Gasteiger partial charge is 0.226 e. The Bertz CT molecular complexity index is 771. The summed E-state index contributed by atoms with van der Waals surface area (Å²) in [7, 11) is 1.70. The van der Waals surface area contributed by atoms with Gasteiger partial charge in [0.25, 0.3) is 0 Å². The van der Waals surface area contributed by atoms with E-state index in [2.05, 4.69) is 25.3 Å². The van der Waals surface area contributed by atoms with Gasteiger partial charge in [0.2, 0.25) is 5.95 Å². The van der Waals surface area contributed by atoms with E-state index in [0.29, 0.717) is 28.6 Å². The molecule has 0 radical (unpaired) electrons. The van der Waals surface area contributed by atoms with Gasteiger partial charge in [0.15, 0.2) is 22.8 Å². The average Bonchev–Trinajstić information content (AvgIpc) is 2.47. The highest BCUT2D eigenvalue weighted by Gasteiger charge is 2.13. The molecule has 0 atom stereocenters. The van der Waals surface area contributed by atoms with Crippen LogP contribution in [0.3, 0.4) is 0 Å². The number of rotatable bonds is 2. The number of hydrogen-bond acceptors (Lipinski definition) is 7. The SMILES string of the molecule is CNc1nc(N)c2nc(-c3ccccc3)c(N)nc2n1. The van der Waals surface area contributed by atoms with Gasteiger partial charge in [-0.15, -0.1) is 0 Å². The molecule has 3 aromatic rings. The van der Waals surface area contributed by atoms with Crippen LogP contribution in [0.15, 0.2) is 30.3 Å². The first-order chi connectivity index (χ1) is 9.69. The number of nitrogens with two attached hydrogens (primary N) is 2. The average molecular weight is 267 g/mol. The first-order valence-corrected chi connectivity index (χ1v) is 6.03. The number of benzene rings is 1. The zero-order chi connectivity index (χ0) is 14.1. The predicted octanol–water partition coefficient (Wildman–Crippen LogP) is 1.29. The van der Waals surface area contributed by atoms with Gasteiger partial charge in [0.05, 0.1) is 0 Å². The number of hydrogen-bond donors (Lipinski definition) is 3. The Balaban J connectivity index is 2.27. The predicted molar refractivity (Wildman–Crippen MR) is 78.9 cm³/mol. The van der Waals surface area contributed by atoms with Crippen LogP contribution in [0.25, 0.3) is 22.4 Å². The molecule has 2 heterocycles. The highest BCUT2D eigenvalue weighted by Crippen LogP contribution is 2.26. The van der Waals surface area contributed by atoms with Gasteiger partial charge >= 0.3 is 0 Å². The van der Waals surface area contributed by atoms with Crippen LogP contribution in [0.1, 0.15) is 0 Å². The monoisotopic (exact) mass is 267 g/mol. The first kappa shape index (κ1) is 12.1. The lowest BCUT2D eigenvalue weighted by Crippen LogP contribution is -2.06. The first-order valence-electron chi connectivity index (χ1n) is 6.03. The molecular weight excluding hydrogens is 254 g/mol. The molecule has 7 nitrogen and oxygen atoms in total. The zero-order valence-corrected chi connectivity index (χ0v) is 10.8. The van der Waals surface area contributed by atoms with Crippen LogP contribution >= 0.6 is 0 Å². The summed E-state index contributed by atoms with van der Waals surface area (Å²) < 4.78 is 0. The van der Waals surface area contributed by atoms with Crippen molar-refractivity contribution in [2.45, 2.75) is 0 Å². The molecule has 100 valence electrons. The molecule has 0 bridgehead atoms. The zero-order valence-electron chi connectivity index (χ0n) is 10.8. The molecule has 0 spiro atoms. The van der Waals surface area contributed by atoms with Crippen molar-refractivity contribution in [1.82, 2.24) is 19.9 Å². The topological polar surface area (TPSA) is 116 Å². The molecule has 3 rings (SSSR count). The van der Waals surface area contributed by atoms with E-state index in [1.807, 2.05) is 30.3 Å². The molecule has 0 fully saturated rings. The lowest BCUT2D eigenvalue weighted by Gasteiger charge is -2.08. The Hall–Kier alpha value is -2.96. The molecule has 0 saturated carbocycles. The Labute approximate surface area is 115 Å². The molecule has 0 unspecified atom stereocenters. The minimum atomic E-state index is 0.268. The van der Waals surface area contributed by atoms with Crippen LogP contribution in [0.2, 0.25) is 0 Å². The van der Waals surface area contributed by atoms with E-state index in [4.69, 9.17) is 11.5 Å². The number of nitrogen functional groups attached to an aromatic ring is 2. The van der Waals surface area contributed by atoms with Crippen molar-refractivity contribution >= 4 is 28.7 Å². The highest BCUT2D eigenvalue weighted by molar-refractivity contribution is 5.87. The number of nitrogens with one attached hydrogen (secondary N) is 1. The fourth-order valence-corrected chi connectivity index (χ4v) is 1.90. The standard InChI is InChI=1S/C13H13N7/c1-16-13-19-11(15)9-12(20-13)18-10(14)8(17-9)7-5-3-2-4-6-7/h2-6H,1H3,(H5,14,15,16,18,19,20). The maximum absolute atomic E-state index is 5.97. The van der Waals surface area contributed by atoms with Gasteiger partial charge < -0.3 is 16.8 Å². The van der Waals surface area contributed by atoms with Gasteiger partial charge in [0, 0.05) is 12.6 Å². The molecule has 0 aliphatic heterocycles. The molecule has 0 amide bonds. The summed E-state index contributed by atoms with van der Waals surface area (Å²) in [6, 6.07) is 9.55. The van der Waals surface area contributed by atoms with Gasteiger partial charge in [-0.05, 0) is 0 Å². The molecule has 20 heavy (non-hydrogen) atoms. The van der Waals surface area contributed by atoms with Gasteiger partial charge in [-0.2, -0.15) is 9.97 Å². The second kappa shape index (κ2) is 4.61. The summed E-state index contributed by atoms with van der Waals surface area (Å²) in [6.45, 7) is 0. The normalized spacial score (nSPS) is 10.7. The molecule has 1 aromatic carbocycles. The lowest BCUT2D eigenvalue weighted by atomic mass is 10.1. The van der Waals surface area contributed by atoms with Crippen LogP contribution in [0.5, 0.6) is 0 Å². The van der Waals surface area contributed by atoms with E-state index < -0.39 is 0 Å². The molecular formula is C13H13N7. The van der Waals surface area contributed by atoms with Crippen molar-refractivity contribution in [3.05, 3.63) is 30.3 Å². The minimum absolute atomic E-state index is 0.268.